The van der Waals surface area contributed by atoms with Crippen LogP contribution in [0, 0.1) is 18.3 Å². The molecule has 20 heavy (non-hydrogen) atoms. The lowest BCUT2D eigenvalue weighted by molar-refractivity contribution is 0.458. The Kier molecular flexibility index (Phi) is 3.03. The van der Waals surface area contributed by atoms with Gasteiger partial charge in [0.25, 0.3) is 0 Å². The Balaban J connectivity index is 2.05. The maximum Gasteiger partial charge on any atom is 0.237 e. The molecule has 1 aliphatic carbocycles. The normalized spacial score (nSPS) is 12.8. The van der Waals surface area contributed by atoms with Gasteiger partial charge in [0.1, 0.15) is 11.6 Å². The third kappa shape index (κ3) is 2.08. The standard InChI is InChI=1S/C16H15N3O/c1-10-4-2-6-13(18)15(10)20-16-12(9-17)8-11-5-3-7-14(11)19-16/h2,4,6,8H,3,5,7,18H2,1H3. The lowest BCUT2D eigenvalue weighted by Crippen LogP contribution is -2.00. The van der Waals surface area contributed by atoms with E-state index >= 15 is 0 Å². The number of nitrogens with two attached hydrogens (primary N) is 1. The predicted octanol–water partition coefficient (Wildman–Crippen LogP) is 3.12. The first-order valence-electron chi connectivity index (χ1n) is 6.65. The topological polar surface area (TPSA) is 71.9 Å². The van der Waals surface area contributed by atoms with Crippen molar-refractivity contribution in [3.8, 4) is 17.7 Å². The van der Waals surface area contributed by atoms with Gasteiger partial charge in [-0.1, -0.05) is 12.1 Å². The fraction of sp³-hybridized carbons (Fsp3) is 0.250. The Morgan fingerprint density at radius 2 is 2.20 bits per heavy atom. The number of benzene rings is 1. The van der Waals surface area contributed by atoms with Crippen molar-refractivity contribution in [2.24, 2.45) is 0 Å². The van der Waals surface area contributed by atoms with Gasteiger partial charge in [-0.15, -0.1) is 0 Å². The number of aromatic nitrogens is 1. The maximum atomic E-state index is 9.27. The number of rotatable bonds is 2. The lowest BCUT2D eigenvalue weighted by atomic mass is 10.1. The van der Waals surface area contributed by atoms with E-state index in [0.717, 1.165) is 36.1 Å². The number of aryl methyl sites for hydroxylation is 3. The smallest absolute Gasteiger partial charge is 0.237 e. The van der Waals surface area contributed by atoms with Crippen LogP contribution in [0.5, 0.6) is 11.6 Å². The molecule has 1 aromatic heterocycles. The van der Waals surface area contributed by atoms with Crippen LogP contribution in [0.4, 0.5) is 5.69 Å². The van der Waals surface area contributed by atoms with Gasteiger partial charge in [-0.25, -0.2) is 4.98 Å². The molecule has 2 N–H and O–H groups in total. The van der Waals surface area contributed by atoms with Crippen LogP contribution >= 0.6 is 0 Å². The zero-order chi connectivity index (χ0) is 14.1. The highest BCUT2D eigenvalue weighted by Gasteiger charge is 2.18. The summed E-state index contributed by atoms with van der Waals surface area (Å²) in [4.78, 5) is 4.50. The van der Waals surface area contributed by atoms with Crippen molar-refractivity contribution in [3.05, 3.63) is 46.6 Å². The second-order valence-electron chi connectivity index (χ2n) is 5.01. The Morgan fingerprint density at radius 1 is 1.35 bits per heavy atom. The van der Waals surface area contributed by atoms with Gasteiger partial charge in [0.2, 0.25) is 5.88 Å². The third-order valence-electron chi connectivity index (χ3n) is 3.58. The molecule has 0 unspecified atom stereocenters. The van der Waals surface area contributed by atoms with Crippen molar-refractivity contribution in [2.45, 2.75) is 26.2 Å². The van der Waals surface area contributed by atoms with E-state index in [4.69, 9.17) is 10.5 Å². The van der Waals surface area contributed by atoms with Crippen molar-refractivity contribution in [3.63, 3.8) is 0 Å². The number of hydrogen-bond donors (Lipinski definition) is 1. The summed E-state index contributed by atoms with van der Waals surface area (Å²) in [7, 11) is 0. The maximum absolute atomic E-state index is 9.27. The van der Waals surface area contributed by atoms with Crippen LogP contribution in [0.25, 0.3) is 0 Å². The van der Waals surface area contributed by atoms with Gasteiger partial charge < -0.3 is 10.5 Å². The van der Waals surface area contributed by atoms with E-state index in [1.165, 1.54) is 0 Å². The Bertz CT molecular complexity index is 696. The number of nitrogens with zero attached hydrogens (tertiary/aromatic N) is 2. The zero-order valence-electron chi connectivity index (χ0n) is 11.3. The quantitative estimate of drug-likeness (QED) is 0.847. The molecule has 1 aromatic carbocycles. The van der Waals surface area contributed by atoms with E-state index in [2.05, 4.69) is 11.1 Å². The summed E-state index contributed by atoms with van der Waals surface area (Å²) < 4.78 is 5.83. The van der Waals surface area contributed by atoms with Crippen LogP contribution < -0.4 is 10.5 Å². The molecule has 0 saturated carbocycles. The van der Waals surface area contributed by atoms with Crippen molar-refractivity contribution in [2.75, 3.05) is 5.73 Å². The van der Waals surface area contributed by atoms with Crippen molar-refractivity contribution in [1.82, 2.24) is 4.98 Å². The molecule has 0 amide bonds. The highest BCUT2D eigenvalue weighted by molar-refractivity contribution is 5.58. The van der Waals surface area contributed by atoms with Gasteiger partial charge in [-0.05, 0) is 49.4 Å². The minimum absolute atomic E-state index is 0.356. The molecule has 4 heteroatoms. The molecule has 0 spiro atoms. The molecule has 100 valence electrons. The SMILES string of the molecule is Cc1cccc(N)c1Oc1nc2c(cc1C#N)CCC2. The fourth-order valence-corrected chi connectivity index (χ4v) is 2.52. The van der Waals surface area contributed by atoms with E-state index in [9.17, 15) is 5.26 Å². The van der Waals surface area contributed by atoms with Crippen molar-refractivity contribution >= 4 is 5.69 Å². The molecular formula is C16H15N3O. The molecule has 0 saturated heterocycles. The van der Waals surface area contributed by atoms with E-state index < -0.39 is 0 Å². The number of anilines is 1. The largest absolute Gasteiger partial charge is 0.435 e. The van der Waals surface area contributed by atoms with Crippen molar-refractivity contribution in [1.29, 1.82) is 5.26 Å². The van der Waals surface area contributed by atoms with Crippen molar-refractivity contribution < 1.29 is 4.74 Å². The summed E-state index contributed by atoms with van der Waals surface area (Å²) in [5.41, 5.74) is 10.1. The minimum atomic E-state index is 0.356. The molecule has 0 atom stereocenters. The number of pyridine rings is 1. The van der Waals surface area contributed by atoms with Crippen LogP contribution in [-0.2, 0) is 12.8 Å². The van der Waals surface area contributed by atoms with Crippen LogP contribution in [0.2, 0.25) is 0 Å². The van der Waals surface area contributed by atoms with Gasteiger partial charge in [0, 0.05) is 5.69 Å². The molecule has 0 aliphatic heterocycles. The van der Waals surface area contributed by atoms with Crippen LogP contribution in [0.1, 0.15) is 28.8 Å². The van der Waals surface area contributed by atoms with Gasteiger partial charge in [0.15, 0.2) is 5.75 Å². The summed E-state index contributed by atoms with van der Waals surface area (Å²) in [6.07, 6.45) is 3.02. The number of nitrogen functional groups attached to an aromatic ring is 1. The average molecular weight is 265 g/mol. The van der Waals surface area contributed by atoms with E-state index in [1.807, 2.05) is 25.1 Å². The van der Waals surface area contributed by atoms with E-state index in [-0.39, 0.29) is 0 Å². The highest BCUT2D eigenvalue weighted by Crippen LogP contribution is 2.33. The first kappa shape index (κ1) is 12.5. The molecule has 3 rings (SSSR count). The Morgan fingerprint density at radius 3 is 2.95 bits per heavy atom. The first-order chi connectivity index (χ1) is 9.69. The third-order valence-corrected chi connectivity index (χ3v) is 3.58. The molecule has 1 aliphatic rings. The van der Waals surface area contributed by atoms with Crippen LogP contribution in [0.3, 0.4) is 0 Å². The number of fused-ring (bicyclic) bond motifs is 1. The second-order valence-corrected chi connectivity index (χ2v) is 5.01. The molecule has 2 aromatic rings. The molecule has 0 fully saturated rings. The number of hydrogen-bond acceptors (Lipinski definition) is 4. The van der Waals surface area contributed by atoms with Gasteiger partial charge in [0.05, 0.1) is 5.69 Å². The molecular weight excluding hydrogens is 250 g/mol. The first-order valence-corrected chi connectivity index (χ1v) is 6.65. The summed E-state index contributed by atoms with van der Waals surface area (Å²) in [6, 6.07) is 9.62. The minimum Gasteiger partial charge on any atom is -0.435 e. The van der Waals surface area contributed by atoms with E-state index in [1.54, 1.807) is 6.07 Å². The van der Waals surface area contributed by atoms with Crippen LogP contribution in [0.15, 0.2) is 24.3 Å². The lowest BCUT2D eigenvalue weighted by Gasteiger charge is -2.12. The van der Waals surface area contributed by atoms with E-state index in [0.29, 0.717) is 22.9 Å². The summed E-state index contributed by atoms with van der Waals surface area (Å²) in [5.74, 6) is 0.934. The van der Waals surface area contributed by atoms with Gasteiger partial charge >= 0.3 is 0 Å². The zero-order valence-corrected chi connectivity index (χ0v) is 11.3. The molecule has 0 bridgehead atoms. The molecule has 1 heterocycles. The Hall–Kier alpha value is -2.54. The fourth-order valence-electron chi connectivity index (χ4n) is 2.52. The number of para-hydroxylation sites is 1. The molecule has 0 radical (unpaired) electrons. The average Bonchev–Trinajstić information content (AvgIpc) is 2.89. The summed E-state index contributed by atoms with van der Waals surface area (Å²) in [6.45, 7) is 1.92. The predicted molar refractivity (Wildman–Crippen MR) is 76.6 cm³/mol. The number of ether oxygens (including phenoxy) is 1. The second kappa shape index (κ2) is 4.86. The highest BCUT2D eigenvalue weighted by atomic mass is 16.5. The summed E-state index contributed by atoms with van der Waals surface area (Å²) >= 11 is 0. The summed E-state index contributed by atoms with van der Waals surface area (Å²) in [5, 5.41) is 9.27. The monoisotopic (exact) mass is 265 g/mol. The van der Waals surface area contributed by atoms with Gasteiger partial charge in [-0.2, -0.15) is 5.26 Å². The van der Waals surface area contributed by atoms with Crippen LogP contribution in [-0.4, -0.2) is 4.98 Å². The van der Waals surface area contributed by atoms with Gasteiger partial charge in [-0.3, -0.25) is 0 Å². The molecule has 4 nitrogen and oxygen atoms in total. The number of nitriles is 1. The Labute approximate surface area is 117 Å².